The number of hydrazine groups is 1. The number of Topliss-reactive ketones (excluding diaryl/α,β-unsaturated/α-hetero) is 4. The smallest absolute Gasteiger partial charge is 0.317 e. The number of ketones is 4. The van der Waals surface area contributed by atoms with Crippen LogP contribution in [0.25, 0.3) is 0 Å². The summed E-state index contributed by atoms with van der Waals surface area (Å²) in [5.74, 6) is -18.0. The standard InChI is InChI=1S/C22H29N5O17/c23-7(1-12(28)29)18(40)21(43)10(4-15(34)35)26-27-11(5-16(36)37)22(44)25-9(3-14(32)33)20(42)19(41)8(2-13(30)31)24-6-17(38)39/h7-11,24,26-27H,1-6,23H2,(H,25,44)(H,28,29)(H,30,31)(H,32,33)(H,34,35)(H,36,37)(H,38,39)/t7-,8-,9-,10-,11-/m0/s1. The van der Waals surface area contributed by atoms with Crippen LogP contribution in [-0.2, 0) is 52.7 Å². The third kappa shape index (κ3) is 14.6. The second-order valence-electron chi connectivity index (χ2n) is 8.84. The molecule has 0 aliphatic carbocycles. The lowest BCUT2D eigenvalue weighted by atomic mass is 9.97. The Morgan fingerprint density at radius 3 is 1.27 bits per heavy atom. The Hall–Kier alpha value is -5.19. The van der Waals surface area contributed by atoms with Gasteiger partial charge in [0.25, 0.3) is 0 Å². The van der Waals surface area contributed by atoms with E-state index >= 15 is 0 Å². The van der Waals surface area contributed by atoms with Crippen molar-refractivity contribution in [1.29, 1.82) is 0 Å². The molecule has 0 bridgehead atoms. The summed E-state index contributed by atoms with van der Waals surface area (Å²) in [5.41, 5.74) is 9.20. The summed E-state index contributed by atoms with van der Waals surface area (Å²) in [6.07, 6.45) is -5.84. The van der Waals surface area contributed by atoms with Gasteiger partial charge in [-0.25, -0.2) is 10.9 Å². The molecule has 0 saturated carbocycles. The van der Waals surface area contributed by atoms with Crippen LogP contribution in [0, 0.1) is 0 Å². The van der Waals surface area contributed by atoms with E-state index in [1.54, 1.807) is 5.32 Å². The lowest BCUT2D eigenvalue weighted by Crippen LogP contribution is -2.60. The van der Waals surface area contributed by atoms with Crippen molar-refractivity contribution >= 4 is 64.9 Å². The van der Waals surface area contributed by atoms with E-state index in [9.17, 15) is 57.8 Å². The molecule has 0 aromatic carbocycles. The molecule has 244 valence electrons. The molecule has 0 unspecified atom stereocenters. The molecule has 44 heavy (non-hydrogen) atoms. The van der Waals surface area contributed by atoms with Crippen molar-refractivity contribution < 1.29 is 83.4 Å². The van der Waals surface area contributed by atoms with Crippen LogP contribution >= 0.6 is 0 Å². The molecule has 0 heterocycles. The highest BCUT2D eigenvalue weighted by Crippen LogP contribution is 2.06. The fraction of sp³-hybridized carbons (Fsp3) is 0.500. The van der Waals surface area contributed by atoms with Gasteiger partial charge in [0.2, 0.25) is 29.0 Å². The third-order valence-corrected chi connectivity index (χ3v) is 5.25. The number of carbonyl (C=O) groups is 11. The fourth-order valence-corrected chi connectivity index (χ4v) is 3.25. The molecule has 0 aromatic rings. The Labute approximate surface area is 244 Å². The number of nitrogens with two attached hydrogens (primary N) is 1. The highest BCUT2D eigenvalue weighted by atomic mass is 16.4. The summed E-state index contributed by atoms with van der Waals surface area (Å²) in [6.45, 7) is -0.997. The van der Waals surface area contributed by atoms with Crippen molar-refractivity contribution in [3.8, 4) is 0 Å². The minimum absolute atomic E-state index is 0.997. The van der Waals surface area contributed by atoms with Gasteiger partial charge >= 0.3 is 35.8 Å². The molecule has 1 amide bonds. The van der Waals surface area contributed by atoms with E-state index in [0.717, 1.165) is 0 Å². The van der Waals surface area contributed by atoms with Gasteiger partial charge in [0.1, 0.15) is 12.1 Å². The molecule has 0 aliphatic rings. The maximum atomic E-state index is 12.9. The highest BCUT2D eigenvalue weighted by Gasteiger charge is 2.37. The zero-order valence-electron chi connectivity index (χ0n) is 22.4. The number of hydrogen-bond acceptors (Lipinski definition) is 15. The van der Waals surface area contributed by atoms with E-state index < -0.39 is 134 Å². The number of nitrogens with one attached hydrogen (secondary N) is 4. The van der Waals surface area contributed by atoms with E-state index in [-0.39, 0.29) is 0 Å². The number of amides is 1. The number of carboxylic acid groups (broad SMARTS) is 6. The van der Waals surface area contributed by atoms with E-state index in [2.05, 4.69) is 0 Å². The number of hydrogen-bond donors (Lipinski definition) is 11. The Bertz CT molecular complexity index is 1200. The number of aliphatic carboxylic acids is 6. The topological polar surface area (TPSA) is 383 Å². The van der Waals surface area contributed by atoms with Crippen LogP contribution in [0.5, 0.6) is 0 Å². The van der Waals surface area contributed by atoms with Crippen LogP contribution in [0.2, 0.25) is 0 Å². The van der Waals surface area contributed by atoms with Gasteiger partial charge in [-0.3, -0.25) is 58.1 Å². The molecule has 0 aromatic heterocycles. The van der Waals surface area contributed by atoms with E-state index in [1.807, 2.05) is 16.2 Å². The number of carboxylic acids is 6. The summed E-state index contributed by atoms with van der Waals surface area (Å²) in [7, 11) is 0. The zero-order chi connectivity index (χ0) is 34.3. The number of rotatable bonds is 24. The van der Waals surface area contributed by atoms with Gasteiger partial charge in [0, 0.05) is 0 Å². The van der Waals surface area contributed by atoms with Crippen LogP contribution < -0.4 is 27.2 Å². The van der Waals surface area contributed by atoms with Gasteiger partial charge in [-0.15, -0.1) is 0 Å². The second kappa shape index (κ2) is 18.4. The van der Waals surface area contributed by atoms with E-state index in [1.165, 1.54) is 0 Å². The minimum atomic E-state index is -2.26. The molecular weight excluding hydrogens is 606 g/mol. The molecule has 0 rings (SSSR count). The van der Waals surface area contributed by atoms with Crippen molar-refractivity contribution in [3.05, 3.63) is 0 Å². The van der Waals surface area contributed by atoms with Gasteiger partial charge in [0.15, 0.2) is 0 Å². The predicted molar refractivity (Wildman–Crippen MR) is 134 cm³/mol. The van der Waals surface area contributed by atoms with Crippen molar-refractivity contribution in [2.75, 3.05) is 6.54 Å². The highest BCUT2D eigenvalue weighted by molar-refractivity contribution is 6.42. The van der Waals surface area contributed by atoms with Gasteiger partial charge in [-0.1, -0.05) is 0 Å². The fourth-order valence-electron chi connectivity index (χ4n) is 3.25. The molecule has 12 N–H and O–H groups in total. The third-order valence-electron chi connectivity index (χ3n) is 5.25. The van der Waals surface area contributed by atoms with Gasteiger partial charge < -0.3 is 41.7 Å². The summed E-state index contributed by atoms with van der Waals surface area (Å²) < 4.78 is 0. The normalized spacial score (nSPS) is 14.1. The zero-order valence-corrected chi connectivity index (χ0v) is 22.4. The lowest BCUT2D eigenvalue weighted by molar-refractivity contribution is -0.147. The van der Waals surface area contributed by atoms with Crippen LogP contribution in [0.15, 0.2) is 0 Å². The molecule has 5 atom stereocenters. The molecule has 22 heteroatoms. The summed E-state index contributed by atoms with van der Waals surface area (Å²) in [4.78, 5) is 129. The molecule has 0 fully saturated rings. The summed E-state index contributed by atoms with van der Waals surface area (Å²) in [6, 6.07) is -10.3. The molecular formula is C22H29N5O17. The largest absolute Gasteiger partial charge is 0.481 e. The maximum Gasteiger partial charge on any atom is 0.317 e. The molecule has 0 spiro atoms. The van der Waals surface area contributed by atoms with Crippen molar-refractivity contribution in [3.63, 3.8) is 0 Å². The van der Waals surface area contributed by atoms with Gasteiger partial charge in [-0.2, -0.15) is 0 Å². The Morgan fingerprint density at radius 2 is 0.818 bits per heavy atom. The van der Waals surface area contributed by atoms with Crippen LogP contribution in [0.4, 0.5) is 0 Å². The SMILES string of the molecule is N[C@@H](CC(=O)O)C(=O)C(=O)[C@H](CC(=O)O)NN[C@@H](CC(=O)O)C(=O)N[C@@H](CC(=O)O)C(=O)C(=O)[C@H](CC(=O)O)NCC(=O)O. The second-order valence-corrected chi connectivity index (χ2v) is 8.84. The average molecular weight is 635 g/mol. The van der Waals surface area contributed by atoms with Crippen molar-refractivity contribution in [2.45, 2.75) is 62.3 Å². The van der Waals surface area contributed by atoms with Gasteiger partial charge in [-0.05, 0) is 0 Å². The van der Waals surface area contributed by atoms with Crippen molar-refractivity contribution in [2.24, 2.45) is 5.73 Å². The summed E-state index contributed by atoms with van der Waals surface area (Å²) in [5, 5.41) is 57.6. The van der Waals surface area contributed by atoms with Crippen LogP contribution in [0.1, 0.15) is 32.1 Å². The first-order chi connectivity index (χ1) is 20.3. The number of carbonyl (C=O) groups excluding carboxylic acids is 5. The first kappa shape index (κ1) is 38.8. The monoisotopic (exact) mass is 635 g/mol. The van der Waals surface area contributed by atoms with Crippen LogP contribution in [-0.4, -0.2) is 132 Å². The first-order valence-corrected chi connectivity index (χ1v) is 12.0. The average Bonchev–Trinajstić information content (AvgIpc) is 2.88. The first-order valence-electron chi connectivity index (χ1n) is 12.0. The molecule has 22 nitrogen and oxygen atoms in total. The predicted octanol–water partition coefficient (Wildman–Crippen LogP) is -5.68. The maximum absolute atomic E-state index is 12.9. The van der Waals surface area contributed by atoms with E-state index in [4.69, 9.17) is 31.3 Å². The quantitative estimate of drug-likeness (QED) is 0.0347. The molecule has 0 radical (unpaired) electrons. The Balaban J connectivity index is 6.06. The molecule has 0 saturated heterocycles. The minimum Gasteiger partial charge on any atom is -0.481 e. The van der Waals surface area contributed by atoms with E-state index in [0.29, 0.717) is 0 Å². The Morgan fingerprint density at radius 1 is 0.455 bits per heavy atom. The summed E-state index contributed by atoms with van der Waals surface area (Å²) >= 11 is 0. The Kier molecular flexibility index (Phi) is 16.2. The molecule has 0 aliphatic heterocycles. The van der Waals surface area contributed by atoms with Crippen molar-refractivity contribution in [1.82, 2.24) is 21.5 Å². The lowest BCUT2D eigenvalue weighted by Gasteiger charge is -2.24. The van der Waals surface area contributed by atoms with Crippen LogP contribution in [0.3, 0.4) is 0 Å². The van der Waals surface area contributed by atoms with Gasteiger partial charge in [0.05, 0.1) is 56.8 Å².